The monoisotopic (exact) mass is 398 g/mol. The summed E-state index contributed by atoms with van der Waals surface area (Å²) < 4.78 is 80.1. The quantitative estimate of drug-likeness (QED) is 0.719. The fraction of sp³-hybridized carbons (Fsp3) is 0.200. The van der Waals surface area contributed by atoms with Crippen LogP contribution in [0.5, 0.6) is 0 Å². The topological polar surface area (TPSA) is 20.2 Å². The summed E-state index contributed by atoms with van der Waals surface area (Å²) >= 11 is 3.03. The molecule has 2 aromatic rings. The van der Waals surface area contributed by atoms with Crippen LogP contribution in [0.4, 0.5) is 26.3 Å². The number of rotatable bonds is 3. The van der Waals surface area contributed by atoms with E-state index in [1.54, 1.807) is 0 Å². The highest BCUT2D eigenvalue weighted by Crippen LogP contribution is 2.51. The van der Waals surface area contributed by atoms with Crippen molar-refractivity contribution in [1.29, 1.82) is 0 Å². The molecule has 124 valence electrons. The molecule has 0 amide bonds. The molecule has 0 aliphatic rings. The molecule has 0 aliphatic heterocycles. The molecule has 0 aliphatic carbocycles. The van der Waals surface area contributed by atoms with E-state index in [1.807, 2.05) is 0 Å². The molecule has 8 heteroatoms. The minimum Gasteiger partial charge on any atom is -0.374 e. The Morgan fingerprint density at radius 3 is 1.52 bits per heavy atom. The van der Waals surface area contributed by atoms with Crippen LogP contribution >= 0.6 is 15.9 Å². The molecule has 0 spiro atoms. The van der Waals surface area contributed by atoms with Crippen molar-refractivity contribution in [3.8, 4) is 0 Å². The van der Waals surface area contributed by atoms with Gasteiger partial charge in [0.25, 0.3) is 0 Å². The normalized spacial score (nSPS) is 15.3. The molecular weight excluding hydrogens is 390 g/mol. The predicted octanol–water partition coefficient (Wildman–Crippen LogP) is 5.02. The van der Waals surface area contributed by atoms with Crippen molar-refractivity contribution in [1.82, 2.24) is 0 Å². The molecule has 0 heterocycles. The molecule has 0 aromatic heterocycles. The Morgan fingerprint density at radius 2 is 1.13 bits per heavy atom. The van der Waals surface area contributed by atoms with Gasteiger partial charge in [0.15, 0.2) is 5.60 Å². The standard InChI is InChI=1S/C15H9BrF6O/c16-11-5-1-9(2-6-11)13(23,14(18,19)15(20,21)22)10-3-7-12(17)8-4-10/h1-8,23H. The van der Waals surface area contributed by atoms with Gasteiger partial charge in [-0.3, -0.25) is 0 Å². The molecule has 0 bridgehead atoms. The Morgan fingerprint density at radius 1 is 0.739 bits per heavy atom. The molecule has 2 aromatic carbocycles. The van der Waals surface area contributed by atoms with Crippen molar-refractivity contribution in [3.63, 3.8) is 0 Å². The minimum atomic E-state index is -6.01. The van der Waals surface area contributed by atoms with Gasteiger partial charge >= 0.3 is 12.1 Å². The number of hydrogen-bond donors (Lipinski definition) is 1. The lowest BCUT2D eigenvalue weighted by Crippen LogP contribution is -2.55. The average Bonchev–Trinajstić information content (AvgIpc) is 2.46. The second kappa shape index (κ2) is 5.83. The molecule has 0 radical (unpaired) electrons. The van der Waals surface area contributed by atoms with Crippen molar-refractivity contribution in [3.05, 3.63) is 69.9 Å². The van der Waals surface area contributed by atoms with Gasteiger partial charge in [-0.25, -0.2) is 4.39 Å². The Balaban J connectivity index is 2.73. The summed E-state index contributed by atoms with van der Waals surface area (Å²) in [6.45, 7) is 0. The third-order valence-electron chi connectivity index (χ3n) is 3.33. The second-order valence-corrected chi connectivity index (χ2v) is 5.71. The summed E-state index contributed by atoms with van der Waals surface area (Å²) in [7, 11) is 0. The fourth-order valence-corrected chi connectivity index (χ4v) is 2.38. The van der Waals surface area contributed by atoms with Crippen molar-refractivity contribution in [2.45, 2.75) is 17.7 Å². The van der Waals surface area contributed by atoms with E-state index in [1.165, 1.54) is 12.1 Å². The smallest absolute Gasteiger partial charge is 0.374 e. The van der Waals surface area contributed by atoms with E-state index in [-0.39, 0.29) is 0 Å². The van der Waals surface area contributed by atoms with E-state index < -0.39 is 34.6 Å². The Hall–Kier alpha value is -1.54. The van der Waals surface area contributed by atoms with Crippen LogP contribution in [0.15, 0.2) is 53.0 Å². The van der Waals surface area contributed by atoms with Crippen molar-refractivity contribution in [2.75, 3.05) is 0 Å². The minimum absolute atomic E-state index is 0.429. The highest BCUT2D eigenvalue weighted by atomic mass is 79.9. The van der Waals surface area contributed by atoms with Gasteiger partial charge in [-0.1, -0.05) is 40.2 Å². The molecule has 1 unspecified atom stereocenters. The van der Waals surface area contributed by atoms with Crippen LogP contribution in [0.3, 0.4) is 0 Å². The molecule has 0 saturated heterocycles. The van der Waals surface area contributed by atoms with Gasteiger partial charge in [-0.05, 0) is 35.4 Å². The van der Waals surface area contributed by atoms with Crippen molar-refractivity contribution >= 4 is 15.9 Å². The molecule has 23 heavy (non-hydrogen) atoms. The molecule has 1 atom stereocenters. The molecule has 2 rings (SSSR count). The Labute approximate surface area is 135 Å². The van der Waals surface area contributed by atoms with Gasteiger partial charge in [0, 0.05) is 4.47 Å². The first kappa shape index (κ1) is 17.8. The van der Waals surface area contributed by atoms with Gasteiger partial charge in [0.05, 0.1) is 0 Å². The number of hydrogen-bond acceptors (Lipinski definition) is 1. The predicted molar refractivity (Wildman–Crippen MR) is 74.5 cm³/mol. The fourth-order valence-electron chi connectivity index (χ4n) is 2.12. The first-order valence-corrected chi connectivity index (χ1v) is 6.98. The second-order valence-electron chi connectivity index (χ2n) is 4.80. The molecule has 0 saturated carbocycles. The maximum atomic E-state index is 14.1. The zero-order valence-electron chi connectivity index (χ0n) is 11.2. The summed E-state index contributed by atoms with van der Waals surface area (Å²) in [4.78, 5) is 0. The first-order valence-electron chi connectivity index (χ1n) is 6.19. The van der Waals surface area contributed by atoms with E-state index in [9.17, 15) is 31.4 Å². The summed E-state index contributed by atoms with van der Waals surface area (Å²) in [5.41, 5.74) is -5.14. The first-order chi connectivity index (χ1) is 10.5. The van der Waals surface area contributed by atoms with Crippen LogP contribution < -0.4 is 0 Å². The zero-order valence-corrected chi connectivity index (χ0v) is 12.8. The summed E-state index contributed by atoms with van der Waals surface area (Å²) in [6, 6.07) is 7.10. The van der Waals surface area contributed by atoms with Crippen molar-refractivity contribution in [2.24, 2.45) is 0 Å². The maximum absolute atomic E-state index is 14.1. The summed E-state index contributed by atoms with van der Waals surface area (Å²) in [6.07, 6.45) is -6.01. The summed E-state index contributed by atoms with van der Waals surface area (Å²) in [5, 5.41) is 10.4. The molecule has 0 fully saturated rings. The van der Waals surface area contributed by atoms with Gasteiger partial charge in [0.2, 0.25) is 0 Å². The van der Waals surface area contributed by atoms with Crippen LogP contribution in [0.2, 0.25) is 0 Å². The third-order valence-corrected chi connectivity index (χ3v) is 3.86. The number of benzene rings is 2. The lowest BCUT2D eigenvalue weighted by Gasteiger charge is -2.37. The van der Waals surface area contributed by atoms with Crippen LogP contribution in [0, 0.1) is 5.82 Å². The van der Waals surface area contributed by atoms with E-state index in [4.69, 9.17) is 0 Å². The highest BCUT2D eigenvalue weighted by molar-refractivity contribution is 9.10. The van der Waals surface area contributed by atoms with Gasteiger partial charge in [-0.15, -0.1) is 0 Å². The molecule has 1 N–H and O–H groups in total. The maximum Gasteiger partial charge on any atom is 0.457 e. The third kappa shape index (κ3) is 2.97. The van der Waals surface area contributed by atoms with E-state index in [0.29, 0.717) is 28.7 Å². The Bertz CT molecular complexity index is 633. The van der Waals surface area contributed by atoms with Crippen LogP contribution in [-0.2, 0) is 5.60 Å². The van der Waals surface area contributed by atoms with Crippen molar-refractivity contribution < 1.29 is 31.4 Å². The number of aliphatic hydroxyl groups is 1. The van der Waals surface area contributed by atoms with E-state index >= 15 is 0 Å². The molecular formula is C15H9BrF6O. The van der Waals surface area contributed by atoms with Gasteiger partial charge in [-0.2, -0.15) is 22.0 Å². The molecule has 1 nitrogen and oxygen atoms in total. The van der Waals surface area contributed by atoms with Crippen LogP contribution in [0.25, 0.3) is 0 Å². The zero-order chi connectivity index (χ0) is 17.5. The van der Waals surface area contributed by atoms with E-state index in [0.717, 1.165) is 12.1 Å². The van der Waals surface area contributed by atoms with E-state index in [2.05, 4.69) is 15.9 Å². The SMILES string of the molecule is OC(c1ccc(F)cc1)(c1ccc(Br)cc1)C(F)(F)C(F)(F)F. The summed E-state index contributed by atoms with van der Waals surface area (Å²) in [5.74, 6) is -6.33. The number of alkyl halides is 5. The lowest BCUT2D eigenvalue weighted by atomic mass is 9.80. The Kier molecular flexibility index (Phi) is 4.51. The lowest BCUT2D eigenvalue weighted by molar-refractivity contribution is -0.336. The average molecular weight is 399 g/mol. The van der Waals surface area contributed by atoms with Crippen LogP contribution in [-0.4, -0.2) is 17.2 Å². The van der Waals surface area contributed by atoms with Gasteiger partial charge < -0.3 is 5.11 Å². The highest BCUT2D eigenvalue weighted by Gasteiger charge is 2.71. The number of halogens is 7. The largest absolute Gasteiger partial charge is 0.457 e. The van der Waals surface area contributed by atoms with Gasteiger partial charge in [0.1, 0.15) is 5.82 Å². The van der Waals surface area contributed by atoms with Crippen LogP contribution in [0.1, 0.15) is 11.1 Å².